The Morgan fingerprint density at radius 2 is 0.654 bits per heavy atom. The summed E-state index contributed by atoms with van der Waals surface area (Å²) >= 11 is 0. The smallest absolute Gasteiger partial charge is 0.0998 e. The summed E-state index contributed by atoms with van der Waals surface area (Å²) in [5, 5.41) is 15.0. The van der Waals surface area contributed by atoms with E-state index >= 15 is 0 Å². The molecule has 8 aromatic carbocycles. The van der Waals surface area contributed by atoms with Crippen molar-refractivity contribution in [3.63, 3.8) is 0 Å². The monoisotopic (exact) mass is 661 g/mol. The highest BCUT2D eigenvalue weighted by atomic mass is 15.0. The molecular weight excluding hydrogens is 631 g/mol. The second kappa shape index (κ2) is 12.0. The van der Waals surface area contributed by atoms with Crippen LogP contribution in [0.2, 0.25) is 0 Å². The molecule has 2 heterocycles. The van der Waals surface area contributed by atoms with E-state index in [1.54, 1.807) is 0 Å². The van der Waals surface area contributed by atoms with E-state index in [9.17, 15) is 5.26 Å². The number of benzene rings is 8. The van der Waals surface area contributed by atoms with Crippen LogP contribution in [0.25, 0.3) is 88.4 Å². The Kier molecular flexibility index (Phi) is 6.87. The highest BCUT2D eigenvalue weighted by molar-refractivity contribution is 6.11. The minimum atomic E-state index is 0.662. The first-order valence-corrected chi connectivity index (χ1v) is 17.6. The van der Waals surface area contributed by atoms with Gasteiger partial charge in [0.05, 0.1) is 33.7 Å². The van der Waals surface area contributed by atoms with Crippen LogP contribution in [0.4, 0.5) is 0 Å². The molecule has 0 aliphatic carbocycles. The SMILES string of the molecule is N#Cc1ccccc1-c1ccccc1-c1ccccc1-c1cc(-n2c3ccccc3c3ccccc32)cc(-n2c3ccccc3c3ccccc32)c1. The highest BCUT2D eigenvalue weighted by Gasteiger charge is 2.19. The van der Waals surface area contributed by atoms with Crippen molar-refractivity contribution in [2.45, 2.75) is 0 Å². The molecule has 0 bridgehead atoms. The Labute approximate surface area is 301 Å². The quantitative estimate of drug-likeness (QED) is 0.181. The Morgan fingerprint density at radius 3 is 1.10 bits per heavy atom. The largest absolute Gasteiger partial charge is 0.309 e. The second-order valence-corrected chi connectivity index (χ2v) is 13.2. The van der Waals surface area contributed by atoms with Crippen LogP contribution >= 0.6 is 0 Å². The molecule has 0 atom stereocenters. The van der Waals surface area contributed by atoms with Crippen LogP contribution in [0, 0.1) is 11.3 Å². The summed E-state index contributed by atoms with van der Waals surface area (Å²) in [5.41, 5.74) is 13.9. The summed E-state index contributed by atoms with van der Waals surface area (Å²) in [6, 6.07) is 69.1. The van der Waals surface area contributed by atoms with Crippen molar-refractivity contribution in [3.05, 3.63) is 194 Å². The van der Waals surface area contributed by atoms with Crippen LogP contribution in [0.5, 0.6) is 0 Å². The lowest BCUT2D eigenvalue weighted by molar-refractivity contribution is 1.13. The van der Waals surface area contributed by atoms with Crippen molar-refractivity contribution < 1.29 is 0 Å². The number of hydrogen-bond acceptors (Lipinski definition) is 1. The van der Waals surface area contributed by atoms with E-state index in [-0.39, 0.29) is 0 Å². The van der Waals surface area contributed by atoms with E-state index in [2.05, 4.69) is 179 Å². The summed E-state index contributed by atoms with van der Waals surface area (Å²) < 4.78 is 4.82. The molecule has 3 nitrogen and oxygen atoms in total. The Hall–Kier alpha value is -7.15. The Balaban J connectivity index is 1.30. The highest BCUT2D eigenvalue weighted by Crippen LogP contribution is 2.42. The van der Waals surface area contributed by atoms with Gasteiger partial charge in [-0.3, -0.25) is 0 Å². The average Bonchev–Trinajstić information content (AvgIpc) is 3.74. The topological polar surface area (TPSA) is 33.6 Å². The minimum Gasteiger partial charge on any atom is -0.309 e. The van der Waals surface area contributed by atoms with Crippen LogP contribution < -0.4 is 0 Å². The molecule has 0 amide bonds. The number of nitrogens with zero attached hydrogens (tertiary/aromatic N) is 3. The molecule has 0 aliphatic rings. The first-order chi connectivity index (χ1) is 25.8. The van der Waals surface area contributed by atoms with Gasteiger partial charge in [-0.15, -0.1) is 0 Å². The van der Waals surface area contributed by atoms with E-state index in [0.29, 0.717) is 5.56 Å². The van der Waals surface area contributed by atoms with E-state index in [1.165, 1.54) is 43.6 Å². The maximum atomic E-state index is 10.1. The van der Waals surface area contributed by atoms with Crippen molar-refractivity contribution in [1.82, 2.24) is 9.13 Å². The van der Waals surface area contributed by atoms with E-state index < -0.39 is 0 Å². The zero-order valence-corrected chi connectivity index (χ0v) is 28.2. The molecule has 0 unspecified atom stereocenters. The molecule has 0 radical (unpaired) electrons. The van der Waals surface area contributed by atoms with E-state index in [1.807, 2.05) is 24.3 Å². The van der Waals surface area contributed by atoms with E-state index in [4.69, 9.17) is 0 Å². The third-order valence-electron chi connectivity index (χ3n) is 10.4. The van der Waals surface area contributed by atoms with Gasteiger partial charge < -0.3 is 9.13 Å². The van der Waals surface area contributed by atoms with Crippen LogP contribution in [-0.4, -0.2) is 9.13 Å². The molecule has 10 aromatic rings. The molecule has 0 saturated heterocycles. The Morgan fingerprint density at radius 1 is 0.327 bits per heavy atom. The number of aromatic nitrogens is 2. The van der Waals surface area contributed by atoms with Gasteiger partial charge in [-0.1, -0.05) is 140 Å². The average molecular weight is 662 g/mol. The number of hydrogen-bond donors (Lipinski definition) is 0. The van der Waals surface area contributed by atoms with Crippen molar-refractivity contribution in [2.75, 3.05) is 0 Å². The number of para-hydroxylation sites is 4. The molecule has 10 rings (SSSR count). The van der Waals surface area contributed by atoms with Gasteiger partial charge in [-0.2, -0.15) is 5.26 Å². The van der Waals surface area contributed by atoms with Gasteiger partial charge in [0.2, 0.25) is 0 Å². The molecule has 52 heavy (non-hydrogen) atoms. The fourth-order valence-corrected chi connectivity index (χ4v) is 8.15. The zero-order valence-electron chi connectivity index (χ0n) is 28.2. The third-order valence-corrected chi connectivity index (χ3v) is 10.4. The molecular formula is C49H31N3. The van der Waals surface area contributed by atoms with Gasteiger partial charge in [0.15, 0.2) is 0 Å². The second-order valence-electron chi connectivity index (χ2n) is 13.2. The van der Waals surface area contributed by atoms with Gasteiger partial charge in [0, 0.05) is 38.5 Å². The van der Waals surface area contributed by atoms with Crippen LogP contribution in [0.3, 0.4) is 0 Å². The fraction of sp³-hybridized carbons (Fsp3) is 0. The normalized spacial score (nSPS) is 11.4. The molecule has 0 spiro atoms. The molecule has 242 valence electrons. The van der Waals surface area contributed by atoms with Crippen LogP contribution in [-0.2, 0) is 0 Å². The number of fused-ring (bicyclic) bond motifs is 6. The summed E-state index contributed by atoms with van der Waals surface area (Å²) in [7, 11) is 0. The number of nitriles is 1. The lowest BCUT2D eigenvalue weighted by Gasteiger charge is -2.19. The summed E-state index contributed by atoms with van der Waals surface area (Å²) in [6.45, 7) is 0. The minimum absolute atomic E-state index is 0.662. The third kappa shape index (κ3) is 4.59. The predicted molar refractivity (Wildman–Crippen MR) is 216 cm³/mol. The van der Waals surface area contributed by atoms with Crippen molar-refractivity contribution in [2.24, 2.45) is 0 Å². The first kappa shape index (κ1) is 29.7. The van der Waals surface area contributed by atoms with Crippen molar-refractivity contribution in [3.8, 4) is 50.8 Å². The number of rotatable bonds is 5. The van der Waals surface area contributed by atoms with Gasteiger partial charge >= 0.3 is 0 Å². The molecule has 0 fully saturated rings. The molecule has 0 N–H and O–H groups in total. The lowest BCUT2D eigenvalue weighted by Crippen LogP contribution is -2.00. The maximum Gasteiger partial charge on any atom is 0.0998 e. The lowest BCUT2D eigenvalue weighted by atomic mass is 9.88. The zero-order chi connectivity index (χ0) is 34.6. The standard InChI is InChI=1S/C49H31N3/c50-32-33-15-1-2-16-37(33)39-18-5-6-20-41(39)40-19-4-3-17-38(40)34-29-35(51-46-25-11-7-21-42(46)43-22-8-12-26-47(43)51)31-36(30-34)52-48-27-13-9-23-44(48)45-24-10-14-28-49(45)52/h1-31H. The van der Waals surface area contributed by atoms with Crippen LogP contribution in [0.1, 0.15) is 5.56 Å². The Bertz CT molecular complexity index is 2800. The summed E-state index contributed by atoms with van der Waals surface area (Å²) in [4.78, 5) is 0. The first-order valence-electron chi connectivity index (χ1n) is 17.6. The van der Waals surface area contributed by atoms with Crippen molar-refractivity contribution in [1.29, 1.82) is 5.26 Å². The summed E-state index contributed by atoms with van der Waals surface area (Å²) in [6.07, 6.45) is 0. The fourth-order valence-electron chi connectivity index (χ4n) is 8.15. The van der Waals surface area contributed by atoms with Crippen LogP contribution in [0.15, 0.2) is 188 Å². The molecule has 0 aliphatic heterocycles. The van der Waals surface area contributed by atoms with E-state index in [0.717, 1.165) is 44.8 Å². The maximum absolute atomic E-state index is 10.1. The van der Waals surface area contributed by atoms with Gasteiger partial charge in [0.1, 0.15) is 0 Å². The van der Waals surface area contributed by atoms with Crippen molar-refractivity contribution >= 4 is 43.6 Å². The molecule has 2 aromatic heterocycles. The van der Waals surface area contributed by atoms with Gasteiger partial charge in [-0.25, -0.2) is 0 Å². The summed E-state index contributed by atoms with van der Waals surface area (Å²) in [5.74, 6) is 0. The predicted octanol–water partition coefficient (Wildman–Crippen LogP) is 12.8. The molecule has 3 heteroatoms. The van der Waals surface area contributed by atoms with Gasteiger partial charge in [-0.05, 0) is 76.3 Å². The molecule has 0 saturated carbocycles. The van der Waals surface area contributed by atoms with Gasteiger partial charge in [0.25, 0.3) is 0 Å².